The van der Waals surface area contributed by atoms with Crippen LogP contribution in [0.1, 0.15) is 44.9 Å². The van der Waals surface area contributed by atoms with E-state index in [4.69, 9.17) is 0 Å². The van der Waals surface area contributed by atoms with Crippen LogP contribution in [0, 0.1) is 17.8 Å². The van der Waals surface area contributed by atoms with Gasteiger partial charge in [-0.2, -0.15) is 0 Å². The Balaban J connectivity index is 1.77. The lowest BCUT2D eigenvalue weighted by Gasteiger charge is -1.99. The molecule has 0 amide bonds. The van der Waals surface area contributed by atoms with Crippen LogP contribution in [0.15, 0.2) is 0 Å². The fourth-order valence-corrected chi connectivity index (χ4v) is 3.01. The van der Waals surface area contributed by atoms with Crippen LogP contribution in [-0.2, 0) is 4.79 Å². The highest BCUT2D eigenvalue weighted by Gasteiger charge is 2.48. The van der Waals surface area contributed by atoms with Gasteiger partial charge in [0.25, 0.3) is 0 Å². The Bertz CT molecular complexity index is 152. The van der Waals surface area contributed by atoms with E-state index in [2.05, 4.69) is 0 Å². The Morgan fingerprint density at radius 1 is 1.08 bits per heavy atom. The minimum atomic E-state index is 0.803. The summed E-state index contributed by atoms with van der Waals surface area (Å²) in [5.74, 6) is 2.98. The molecule has 0 saturated heterocycles. The van der Waals surface area contributed by atoms with Crippen LogP contribution in [0.25, 0.3) is 0 Å². The topological polar surface area (TPSA) is 17.1 Å². The molecule has 1 unspecified atom stereocenters. The predicted octanol–water partition coefficient (Wildman–Crippen LogP) is 2.79. The van der Waals surface area contributed by atoms with E-state index in [1.165, 1.54) is 38.5 Å². The first-order valence-electron chi connectivity index (χ1n) is 5.37. The zero-order chi connectivity index (χ0) is 8.39. The molecule has 0 aromatic rings. The van der Waals surface area contributed by atoms with Crippen molar-refractivity contribution in [2.45, 2.75) is 44.9 Å². The second-order valence-electron chi connectivity index (χ2n) is 4.37. The molecule has 0 bridgehead atoms. The third kappa shape index (κ3) is 1.55. The van der Waals surface area contributed by atoms with E-state index >= 15 is 0 Å². The van der Waals surface area contributed by atoms with Crippen molar-refractivity contribution in [3.05, 3.63) is 0 Å². The Morgan fingerprint density at radius 3 is 2.33 bits per heavy atom. The fraction of sp³-hybridized carbons (Fsp3) is 0.909. The fourth-order valence-electron chi connectivity index (χ4n) is 3.01. The lowest BCUT2D eigenvalue weighted by Crippen LogP contribution is -1.87. The van der Waals surface area contributed by atoms with E-state index in [-0.39, 0.29) is 0 Å². The largest absolute Gasteiger partial charge is 0.303 e. The Kier molecular flexibility index (Phi) is 2.48. The van der Waals surface area contributed by atoms with Gasteiger partial charge in [0.2, 0.25) is 0 Å². The molecule has 2 rings (SSSR count). The van der Waals surface area contributed by atoms with Gasteiger partial charge < -0.3 is 4.79 Å². The van der Waals surface area contributed by atoms with E-state index < -0.39 is 0 Å². The van der Waals surface area contributed by atoms with Crippen LogP contribution >= 0.6 is 0 Å². The summed E-state index contributed by atoms with van der Waals surface area (Å²) in [6.07, 6.45) is 10.3. The van der Waals surface area contributed by atoms with Crippen molar-refractivity contribution in [1.29, 1.82) is 0 Å². The van der Waals surface area contributed by atoms with Gasteiger partial charge in [-0.1, -0.05) is 19.3 Å². The van der Waals surface area contributed by atoms with Gasteiger partial charge in [0.05, 0.1) is 0 Å². The maximum atomic E-state index is 10.2. The van der Waals surface area contributed by atoms with Crippen LogP contribution in [-0.4, -0.2) is 6.29 Å². The molecule has 68 valence electrons. The van der Waals surface area contributed by atoms with Gasteiger partial charge in [-0.15, -0.1) is 0 Å². The smallest absolute Gasteiger partial charge is 0.120 e. The first-order valence-corrected chi connectivity index (χ1v) is 5.37. The number of carbonyl (C=O) groups is 1. The van der Waals surface area contributed by atoms with Crippen LogP contribution < -0.4 is 0 Å². The van der Waals surface area contributed by atoms with Crippen molar-refractivity contribution in [3.63, 3.8) is 0 Å². The van der Waals surface area contributed by atoms with E-state index in [0.29, 0.717) is 0 Å². The highest BCUT2D eigenvalue weighted by atomic mass is 16.1. The third-order valence-electron chi connectivity index (χ3n) is 3.70. The predicted molar refractivity (Wildman–Crippen MR) is 48.9 cm³/mol. The van der Waals surface area contributed by atoms with Gasteiger partial charge in [-0.3, -0.25) is 0 Å². The van der Waals surface area contributed by atoms with E-state index in [1.807, 2.05) is 0 Å². The molecule has 2 aliphatic carbocycles. The molecule has 2 fully saturated rings. The Hall–Kier alpha value is -0.330. The molecule has 0 N–H and O–H groups in total. The van der Waals surface area contributed by atoms with Crippen molar-refractivity contribution < 1.29 is 4.79 Å². The van der Waals surface area contributed by atoms with Gasteiger partial charge in [0.15, 0.2) is 0 Å². The van der Waals surface area contributed by atoms with Crippen molar-refractivity contribution in [3.8, 4) is 0 Å². The quantitative estimate of drug-likeness (QED) is 0.589. The molecular weight excluding hydrogens is 148 g/mol. The summed E-state index contributed by atoms with van der Waals surface area (Å²) in [6.45, 7) is 0. The second kappa shape index (κ2) is 3.59. The molecule has 0 aromatic heterocycles. The van der Waals surface area contributed by atoms with Crippen LogP contribution in [0.5, 0.6) is 0 Å². The number of hydrogen-bond acceptors (Lipinski definition) is 1. The molecular formula is C11H18O. The average molecular weight is 166 g/mol. The molecule has 1 nitrogen and oxygen atoms in total. The first kappa shape index (κ1) is 8.28. The van der Waals surface area contributed by atoms with Crippen molar-refractivity contribution in [2.24, 2.45) is 17.8 Å². The zero-order valence-corrected chi connectivity index (χ0v) is 7.67. The van der Waals surface area contributed by atoms with Crippen molar-refractivity contribution in [1.82, 2.24) is 0 Å². The normalized spacial score (nSPS) is 39.8. The number of hydrogen-bond donors (Lipinski definition) is 0. The minimum Gasteiger partial charge on any atom is -0.303 e. The summed E-state index contributed by atoms with van der Waals surface area (Å²) >= 11 is 0. The van der Waals surface area contributed by atoms with E-state index in [0.717, 1.165) is 30.5 Å². The van der Waals surface area contributed by atoms with Gasteiger partial charge >= 0.3 is 0 Å². The van der Waals surface area contributed by atoms with Crippen LogP contribution in [0.2, 0.25) is 0 Å². The summed E-state index contributed by atoms with van der Waals surface area (Å²) < 4.78 is 0. The van der Waals surface area contributed by atoms with E-state index in [1.54, 1.807) is 0 Å². The summed E-state index contributed by atoms with van der Waals surface area (Å²) in [6, 6.07) is 0. The standard InChI is InChI=1S/C11H18O/c12-8-4-7-11-9-5-2-1-3-6-10(9)11/h8-11H,1-7H2/t9-,10+,11?. The number of aldehydes is 1. The maximum Gasteiger partial charge on any atom is 0.120 e. The van der Waals surface area contributed by atoms with Gasteiger partial charge in [-0.25, -0.2) is 0 Å². The highest BCUT2D eigenvalue weighted by Crippen LogP contribution is 2.56. The SMILES string of the molecule is O=CCCC1[C@H]2CCCCC[C@@H]12. The van der Waals surface area contributed by atoms with Gasteiger partial charge in [-0.05, 0) is 37.0 Å². The number of carbonyl (C=O) groups excluding carboxylic acids is 1. The molecule has 0 aromatic carbocycles. The molecule has 2 aliphatic rings. The maximum absolute atomic E-state index is 10.2. The lowest BCUT2D eigenvalue weighted by molar-refractivity contribution is -0.108. The molecule has 12 heavy (non-hydrogen) atoms. The van der Waals surface area contributed by atoms with Crippen molar-refractivity contribution in [2.75, 3.05) is 0 Å². The first-order chi connectivity index (χ1) is 5.93. The van der Waals surface area contributed by atoms with E-state index in [9.17, 15) is 4.79 Å². The average Bonchev–Trinajstić information content (AvgIpc) is 2.75. The Labute approximate surface area is 74.5 Å². The highest BCUT2D eigenvalue weighted by molar-refractivity contribution is 5.49. The van der Waals surface area contributed by atoms with Crippen LogP contribution in [0.3, 0.4) is 0 Å². The zero-order valence-electron chi connectivity index (χ0n) is 7.67. The summed E-state index contributed by atoms with van der Waals surface area (Å²) in [5.41, 5.74) is 0. The van der Waals surface area contributed by atoms with Gasteiger partial charge in [0, 0.05) is 6.42 Å². The lowest BCUT2D eigenvalue weighted by atomic mass is 10.1. The molecule has 0 radical (unpaired) electrons. The minimum absolute atomic E-state index is 0.803. The summed E-state index contributed by atoms with van der Waals surface area (Å²) in [5, 5.41) is 0. The van der Waals surface area contributed by atoms with Crippen LogP contribution in [0.4, 0.5) is 0 Å². The van der Waals surface area contributed by atoms with Gasteiger partial charge in [0.1, 0.15) is 6.29 Å². The molecule has 0 aliphatic heterocycles. The molecule has 2 saturated carbocycles. The third-order valence-corrected chi connectivity index (χ3v) is 3.70. The monoisotopic (exact) mass is 166 g/mol. The molecule has 0 heterocycles. The number of fused-ring (bicyclic) bond motifs is 1. The second-order valence-corrected chi connectivity index (χ2v) is 4.37. The summed E-state index contributed by atoms with van der Waals surface area (Å²) in [7, 11) is 0. The Morgan fingerprint density at radius 2 is 1.75 bits per heavy atom. The van der Waals surface area contributed by atoms with Crippen molar-refractivity contribution >= 4 is 6.29 Å². The molecule has 0 spiro atoms. The summed E-state index contributed by atoms with van der Waals surface area (Å²) in [4.78, 5) is 10.2. The molecule has 1 heteroatoms. The molecule has 3 atom stereocenters. The number of rotatable bonds is 3.